The van der Waals surface area contributed by atoms with Gasteiger partial charge in [-0.3, -0.25) is 0 Å². The van der Waals surface area contributed by atoms with E-state index in [4.69, 9.17) is 9.72 Å². The Bertz CT molecular complexity index is 1150. The molecule has 2 aromatic carbocycles. The Labute approximate surface area is 190 Å². The lowest BCUT2D eigenvalue weighted by molar-refractivity contribution is 0.0519. The molecule has 0 atom stereocenters. The lowest BCUT2D eigenvalue weighted by Gasteiger charge is -2.36. The highest BCUT2D eigenvalue weighted by Gasteiger charge is 2.27. The molecule has 5 nitrogen and oxygen atoms in total. The normalized spacial score (nSPS) is 16.2. The predicted molar refractivity (Wildman–Crippen MR) is 130 cm³/mol. The lowest BCUT2D eigenvalue weighted by atomic mass is 9.97. The van der Waals surface area contributed by atoms with Crippen LogP contribution in [0.4, 0.5) is 11.4 Å². The summed E-state index contributed by atoms with van der Waals surface area (Å²) in [7, 11) is 0. The average molecular weight is 430 g/mol. The van der Waals surface area contributed by atoms with Crippen molar-refractivity contribution in [1.29, 1.82) is 0 Å². The van der Waals surface area contributed by atoms with Crippen LogP contribution < -0.4 is 9.80 Å². The van der Waals surface area contributed by atoms with Crippen LogP contribution in [0.15, 0.2) is 42.5 Å². The Morgan fingerprint density at radius 3 is 2.56 bits per heavy atom. The molecule has 2 aliphatic rings. The number of hydrogen-bond acceptors (Lipinski definition) is 5. The lowest BCUT2D eigenvalue weighted by Crippen LogP contribution is -2.36. The molecule has 1 saturated heterocycles. The Kier molecular flexibility index (Phi) is 5.73. The number of rotatable bonds is 4. The monoisotopic (exact) mass is 429 g/mol. The summed E-state index contributed by atoms with van der Waals surface area (Å²) in [4.78, 5) is 22.3. The number of hydrogen-bond donors (Lipinski definition) is 0. The Balaban J connectivity index is 1.56. The fourth-order valence-corrected chi connectivity index (χ4v) is 5.22. The van der Waals surface area contributed by atoms with Gasteiger partial charge in [-0.15, -0.1) is 0 Å². The van der Waals surface area contributed by atoms with Crippen LogP contribution in [0.1, 0.15) is 53.5 Å². The number of piperidine rings is 1. The molecule has 0 N–H and O–H groups in total. The van der Waals surface area contributed by atoms with Gasteiger partial charge < -0.3 is 14.5 Å². The molecule has 1 fully saturated rings. The summed E-state index contributed by atoms with van der Waals surface area (Å²) in [5.41, 5.74) is 6.45. The summed E-state index contributed by atoms with van der Waals surface area (Å²) < 4.78 is 5.31. The molecule has 0 unspecified atom stereocenters. The van der Waals surface area contributed by atoms with Gasteiger partial charge in [-0.2, -0.15) is 0 Å². The molecule has 0 saturated carbocycles. The number of benzene rings is 2. The van der Waals surface area contributed by atoms with Gasteiger partial charge in [-0.1, -0.05) is 30.3 Å². The van der Waals surface area contributed by atoms with Crippen molar-refractivity contribution in [2.75, 3.05) is 36.0 Å². The maximum atomic E-state index is 12.6. The molecule has 0 bridgehead atoms. The second kappa shape index (κ2) is 8.81. The van der Waals surface area contributed by atoms with E-state index in [9.17, 15) is 4.79 Å². The molecular formula is C27H31N3O2. The van der Waals surface area contributed by atoms with Crippen molar-refractivity contribution in [3.63, 3.8) is 0 Å². The van der Waals surface area contributed by atoms with Crippen molar-refractivity contribution in [1.82, 2.24) is 4.98 Å². The highest BCUT2D eigenvalue weighted by atomic mass is 16.5. The van der Waals surface area contributed by atoms with E-state index < -0.39 is 0 Å². The van der Waals surface area contributed by atoms with E-state index >= 15 is 0 Å². The van der Waals surface area contributed by atoms with Crippen LogP contribution in [-0.2, 0) is 17.7 Å². The number of anilines is 2. The number of carbonyl (C=O) groups excluding carboxylic acids is 1. The highest BCUT2D eigenvalue weighted by Crippen LogP contribution is 2.36. The number of fused-ring (bicyclic) bond motifs is 2. The number of ether oxygens (including phenoxy) is 1. The third-order valence-corrected chi connectivity index (χ3v) is 6.77. The number of pyridine rings is 1. The average Bonchev–Trinajstić information content (AvgIpc) is 2.83. The maximum absolute atomic E-state index is 12.6. The second-order valence-electron chi connectivity index (χ2n) is 8.84. The van der Waals surface area contributed by atoms with Crippen LogP contribution >= 0.6 is 0 Å². The Morgan fingerprint density at radius 1 is 1.00 bits per heavy atom. The first-order valence-electron chi connectivity index (χ1n) is 11.8. The highest BCUT2D eigenvalue weighted by molar-refractivity contribution is 5.97. The van der Waals surface area contributed by atoms with E-state index in [0.717, 1.165) is 31.7 Å². The number of aryl methyl sites for hydroxylation is 1. The minimum absolute atomic E-state index is 0.327. The molecule has 0 spiro atoms. The number of aromatic nitrogens is 1. The van der Waals surface area contributed by atoms with Crippen molar-refractivity contribution >= 4 is 28.1 Å². The van der Waals surface area contributed by atoms with Crippen LogP contribution in [-0.4, -0.2) is 37.2 Å². The van der Waals surface area contributed by atoms with Crippen molar-refractivity contribution in [3.8, 4) is 0 Å². The Morgan fingerprint density at radius 2 is 1.78 bits per heavy atom. The first-order chi connectivity index (χ1) is 15.7. The molecule has 2 aliphatic heterocycles. The van der Waals surface area contributed by atoms with Crippen molar-refractivity contribution in [2.24, 2.45) is 0 Å². The summed E-state index contributed by atoms with van der Waals surface area (Å²) in [6, 6.07) is 15.0. The van der Waals surface area contributed by atoms with Gasteiger partial charge in [-0.05, 0) is 62.6 Å². The quantitative estimate of drug-likeness (QED) is 0.529. The number of nitrogens with zero attached hydrogens (tertiary/aromatic N) is 3. The van der Waals surface area contributed by atoms with E-state index in [2.05, 4.69) is 53.1 Å². The molecule has 0 amide bonds. The molecule has 3 aromatic rings. The third kappa shape index (κ3) is 3.81. The molecule has 0 aliphatic carbocycles. The zero-order valence-electron chi connectivity index (χ0n) is 19.1. The van der Waals surface area contributed by atoms with Gasteiger partial charge in [0, 0.05) is 42.0 Å². The predicted octanol–water partition coefficient (Wildman–Crippen LogP) is 5.27. The van der Waals surface area contributed by atoms with Crippen molar-refractivity contribution in [2.45, 2.75) is 46.1 Å². The minimum Gasteiger partial charge on any atom is -0.461 e. The zero-order chi connectivity index (χ0) is 22.1. The first kappa shape index (κ1) is 20.8. The topological polar surface area (TPSA) is 45.7 Å². The molecule has 5 rings (SSSR count). The summed E-state index contributed by atoms with van der Waals surface area (Å²) in [5.74, 6) is -0.327. The molecule has 0 radical (unpaired) electrons. The van der Waals surface area contributed by atoms with E-state index in [-0.39, 0.29) is 5.97 Å². The second-order valence-corrected chi connectivity index (χ2v) is 8.84. The molecule has 32 heavy (non-hydrogen) atoms. The van der Waals surface area contributed by atoms with Gasteiger partial charge in [0.2, 0.25) is 0 Å². The number of carbonyl (C=O) groups is 1. The maximum Gasteiger partial charge on any atom is 0.356 e. The van der Waals surface area contributed by atoms with Gasteiger partial charge in [0.15, 0.2) is 5.69 Å². The zero-order valence-corrected chi connectivity index (χ0v) is 19.1. The SMILES string of the molecule is CCOC(=O)c1cc(N2CCCCC2)c2c(n1)CN(c1cccc3cccc(C)c13)CC2. The summed E-state index contributed by atoms with van der Waals surface area (Å²) in [5, 5.41) is 2.56. The van der Waals surface area contributed by atoms with Gasteiger partial charge in [0.1, 0.15) is 0 Å². The van der Waals surface area contributed by atoms with Crippen LogP contribution in [0.3, 0.4) is 0 Å². The van der Waals surface area contributed by atoms with Crippen LogP contribution in [0.2, 0.25) is 0 Å². The van der Waals surface area contributed by atoms with Crippen molar-refractivity contribution in [3.05, 3.63) is 65.0 Å². The van der Waals surface area contributed by atoms with Crippen LogP contribution in [0, 0.1) is 6.92 Å². The fraction of sp³-hybridized carbons (Fsp3) is 0.407. The van der Waals surface area contributed by atoms with Gasteiger partial charge in [0.25, 0.3) is 0 Å². The third-order valence-electron chi connectivity index (χ3n) is 6.77. The van der Waals surface area contributed by atoms with E-state index in [0.29, 0.717) is 18.8 Å². The van der Waals surface area contributed by atoms with E-state index in [1.807, 2.05) is 13.0 Å². The number of esters is 1. The molecule has 166 valence electrons. The largest absolute Gasteiger partial charge is 0.461 e. The van der Waals surface area contributed by atoms with E-state index in [1.165, 1.54) is 52.5 Å². The summed E-state index contributed by atoms with van der Waals surface area (Å²) >= 11 is 0. The smallest absolute Gasteiger partial charge is 0.356 e. The molecular weight excluding hydrogens is 398 g/mol. The minimum atomic E-state index is -0.327. The van der Waals surface area contributed by atoms with Gasteiger partial charge in [0.05, 0.1) is 18.8 Å². The fourth-order valence-electron chi connectivity index (χ4n) is 5.22. The standard InChI is InChI=1S/C27H31N3O2/c1-3-32-27(31)22-17-25(29-14-5-4-6-15-29)21-13-16-30(18-23(21)28-22)24-12-8-11-20-10-7-9-19(2)26(20)24/h7-12,17H,3-6,13-16,18H2,1-2H3. The molecule has 3 heterocycles. The Hall–Kier alpha value is -3.08. The van der Waals surface area contributed by atoms with Gasteiger partial charge in [-0.25, -0.2) is 9.78 Å². The van der Waals surface area contributed by atoms with E-state index in [1.54, 1.807) is 0 Å². The van der Waals surface area contributed by atoms with Crippen LogP contribution in [0.25, 0.3) is 10.8 Å². The summed E-state index contributed by atoms with van der Waals surface area (Å²) in [6.07, 6.45) is 4.61. The van der Waals surface area contributed by atoms with Crippen molar-refractivity contribution < 1.29 is 9.53 Å². The van der Waals surface area contributed by atoms with Gasteiger partial charge >= 0.3 is 5.97 Å². The molecule has 1 aromatic heterocycles. The van der Waals surface area contributed by atoms with Crippen LogP contribution in [0.5, 0.6) is 0 Å². The summed E-state index contributed by atoms with van der Waals surface area (Å²) in [6.45, 7) is 8.12. The molecule has 5 heteroatoms. The first-order valence-corrected chi connectivity index (χ1v) is 11.8.